The molecular weight excluding hydrogens is 254 g/mol. The molecule has 0 saturated heterocycles. The van der Waals surface area contributed by atoms with E-state index in [0.29, 0.717) is 0 Å². The number of nitrogens with zero attached hydrogens (tertiary/aromatic N) is 1. The average molecular weight is 271 g/mol. The molecule has 1 heterocycles. The minimum atomic E-state index is 1.22. The smallest absolute Gasteiger partial charge is 0.0570 e. The van der Waals surface area contributed by atoms with E-state index in [-0.39, 0.29) is 0 Å². The van der Waals surface area contributed by atoms with Crippen molar-refractivity contribution in [3.05, 3.63) is 77.9 Å². The fourth-order valence-corrected chi connectivity index (χ4v) is 3.29. The number of fused-ring (bicyclic) bond motifs is 3. The van der Waals surface area contributed by atoms with Crippen molar-refractivity contribution in [1.82, 2.24) is 4.57 Å². The summed E-state index contributed by atoms with van der Waals surface area (Å²) in [5, 5.41) is 2.66. The number of aryl methyl sites for hydroxylation is 2. The van der Waals surface area contributed by atoms with Gasteiger partial charge >= 0.3 is 0 Å². The minimum absolute atomic E-state index is 1.22. The van der Waals surface area contributed by atoms with Gasteiger partial charge in [0.25, 0.3) is 0 Å². The third-order valence-electron chi connectivity index (χ3n) is 4.23. The first-order valence-corrected chi connectivity index (χ1v) is 7.32. The molecule has 0 radical (unpaired) electrons. The Labute approximate surface area is 124 Å². The van der Waals surface area contributed by atoms with Crippen LogP contribution in [0.4, 0.5) is 0 Å². The molecule has 0 aliphatic heterocycles. The fourth-order valence-electron chi connectivity index (χ4n) is 3.29. The van der Waals surface area contributed by atoms with E-state index in [4.69, 9.17) is 0 Å². The molecule has 0 atom stereocenters. The molecule has 0 saturated carbocycles. The molecule has 3 aromatic carbocycles. The Morgan fingerprint density at radius 1 is 0.571 bits per heavy atom. The van der Waals surface area contributed by atoms with Gasteiger partial charge in [0.1, 0.15) is 0 Å². The highest BCUT2D eigenvalue weighted by Gasteiger charge is 2.14. The SMILES string of the molecule is Cc1cccc2c3cccc(C)c3n(-c3ccccc3)c12. The van der Waals surface area contributed by atoms with E-state index in [9.17, 15) is 0 Å². The van der Waals surface area contributed by atoms with Crippen LogP contribution < -0.4 is 0 Å². The third-order valence-corrected chi connectivity index (χ3v) is 4.23. The summed E-state index contributed by atoms with van der Waals surface area (Å²) >= 11 is 0. The highest BCUT2D eigenvalue weighted by Crippen LogP contribution is 2.35. The van der Waals surface area contributed by atoms with Crippen LogP contribution in [0.1, 0.15) is 11.1 Å². The molecule has 0 fully saturated rings. The number of para-hydroxylation sites is 3. The van der Waals surface area contributed by atoms with E-state index in [2.05, 4.69) is 85.1 Å². The molecule has 1 heteroatoms. The van der Waals surface area contributed by atoms with Gasteiger partial charge in [-0.2, -0.15) is 0 Å². The topological polar surface area (TPSA) is 4.93 Å². The van der Waals surface area contributed by atoms with Gasteiger partial charge in [0.15, 0.2) is 0 Å². The van der Waals surface area contributed by atoms with Crippen LogP contribution in [-0.2, 0) is 0 Å². The zero-order chi connectivity index (χ0) is 14.4. The first kappa shape index (κ1) is 12.2. The molecular formula is C20H17N. The third kappa shape index (κ3) is 1.71. The van der Waals surface area contributed by atoms with Crippen molar-refractivity contribution in [3.63, 3.8) is 0 Å². The van der Waals surface area contributed by atoms with Gasteiger partial charge < -0.3 is 4.57 Å². The van der Waals surface area contributed by atoms with E-state index in [1.54, 1.807) is 0 Å². The van der Waals surface area contributed by atoms with Gasteiger partial charge in [-0.3, -0.25) is 0 Å². The van der Waals surface area contributed by atoms with Gasteiger partial charge in [-0.25, -0.2) is 0 Å². The van der Waals surface area contributed by atoms with Crippen molar-refractivity contribution in [1.29, 1.82) is 0 Å². The van der Waals surface area contributed by atoms with Gasteiger partial charge in [0.2, 0.25) is 0 Å². The van der Waals surface area contributed by atoms with Crippen molar-refractivity contribution < 1.29 is 0 Å². The Morgan fingerprint density at radius 3 is 1.62 bits per heavy atom. The van der Waals surface area contributed by atoms with Gasteiger partial charge in [-0.15, -0.1) is 0 Å². The first-order valence-electron chi connectivity index (χ1n) is 7.32. The Balaban J connectivity index is 2.31. The highest BCUT2D eigenvalue weighted by molar-refractivity contribution is 6.11. The molecule has 4 rings (SSSR count). The number of benzene rings is 3. The van der Waals surface area contributed by atoms with Gasteiger partial charge in [0.05, 0.1) is 11.0 Å². The monoisotopic (exact) mass is 271 g/mol. The van der Waals surface area contributed by atoms with Crippen molar-refractivity contribution in [2.75, 3.05) is 0 Å². The zero-order valence-electron chi connectivity index (χ0n) is 12.3. The molecule has 21 heavy (non-hydrogen) atoms. The lowest BCUT2D eigenvalue weighted by Crippen LogP contribution is -1.96. The predicted molar refractivity (Wildman–Crippen MR) is 90.3 cm³/mol. The summed E-state index contributed by atoms with van der Waals surface area (Å²) in [5.74, 6) is 0. The first-order chi connectivity index (χ1) is 10.3. The van der Waals surface area contributed by atoms with E-state index in [0.717, 1.165) is 0 Å². The van der Waals surface area contributed by atoms with E-state index in [1.807, 2.05) is 0 Å². The normalized spacial score (nSPS) is 11.3. The van der Waals surface area contributed by atoms with Crippen LogP contribution >= 0.6 is 0 Å². The summed E-state index contributed by atoms with van der Waals surface area (Å²) in [5.41, 5.74) is 6.47. The van der Waals surface area contributed by atoms with Crippen molar-refractivity contribution >= 4 is 21.8 Å². The molecule has 102 valence electrons. The molecule has 0 amide bonds. The Kier molecular flexibility index (Phi) is 2.61. The van der Waals surface area contributed by atoms with Crippen LogP contribution in [0, 0.1) is 13.8 Å². The molecule has 0 N–H and O–H groups in total. The minimum Gasteiger partial charge on any atom is -0.309 e. The summed E-state index contributed by atoms with van der Waals surface area (Å²) in [7, 11) is 0. The summed E-state index contributed by atoms with van der Waals surface area (Å²) in [6, 6.07) is 23.8. The molecule has 0 unspecified atom stereocenters. The summed E-state index contributed by atoms with van der Waals surface area (Å²) in [6.45, 7) is 4.38. The second-order valence-corrected chi connectivity index (χ2v) is 5.61. The quantitative estimate of drug-likeness (QED) is 0.437. The Hall–Kier alpha value is -2.54. The second-order valence-electron chi connectivity index (χ2n) is 5.61. The second kappa shape index (κ2) is 4.49. The van der Waals surface area contributed by atoms with Crippen LogP contribution in [0.15, 0.2) is 66.7 Å². The van der Waals surface area contributed by atoms with Crippen LogP contribution in [0.3, 0.4) is 0 Å². The molecule has 0 aliphatic carbocycles. The van der Waals surface area contributed by atoms with Crippen molar-refractivity contribution in [2.45, 2.75) is 13.8 Å². The molecule has 0 bridgehead atoms. The highest BCUT2D eigenvalue weighted by atomic mass is 15.0. The van der Waals surface area contributed by atoms with E-state index >= 15 is 0 Å². The number of aromatic nitrogens is 1. The van der Waals surface area contributed by atoms with Crippen molar-refractivity contribution in [2.24, 2.45) is 0 Å². The molecule has 0 aliphatic rings. The van der Waals surface area contributed by atoms with Gasteiger partial charge in [-0.05, 0) is 37.1 Å². The fraction of sp³-hybridized carbons (Fsp3) is 0.100. The maximum Gasteiger partial charge on any atom is 0.0570 e. The lowest BCUT2D eigenvalue weighted by Gasteiger charge is -2.10. The van der Waals surface area contributed by atoms with Crippen LogP contribution in [0.2, 0.25) is 0 Å². The lowest BCUT2D eigenvalue weighted by molar-refractivity contribution is 1.16. The summed E-state index contributed by atoms with van der Waals surface area (Å²) in [6.07, 6.45) is 0. The van der Waals surface area contributed by atoms with Gasteiger partial charge in [0, 0.05) is 16.5 Å². The predicted octanol–water partition coefficient (Wildman–Crippen LogP) is 5.40. The van der Waals surface area contributed by atoms with E-state index < -0.39 is 0 Å². The Morgan fingerprint density at radius 2 is 1.10 bits per heavy atom. The maximum absolute atomic E-state index is 2.40. The Bertz CT molecular complexity index is 887. The van der Waals surface area contributed by atoms with Crippen LogP contribution in [-0.4, -0.2) is 4.57 Å². The number of hydrogen-bond donors (Lipinski definition) is 0. The lowest BCUT2D eigenvalue weighted by atomic mass is 10.1. The number of rotatable bonds is 1. The standard InChI is InChI=1S/C20H17N/c1-14-8-6-12-17-18-13-7-9-15(2)20(18)21(19(14)17)16-10-4-3-5-11-16/h3-13H,1-2H3. The summed E-state index contributed by atoms with van der Waals surface area (Å²) < 4.78 is 2.40. The van der Waals surface area contributed by atoms with Crippen LogP contribution in [0.25, 0.3) is 27.5 Å². The van der Waals surface area contributed by atoms with Crippen LogP contribution in [0.5, 0.6) is 0 Å². The van der Waals surface area contributed by atoms with Gasteiger partial charge in [-0.1, -0.05) is 54.6 Å². The average Bonchev–Trinajstić information content (AvgIpc) is 2.86. The van der Waals surface area contributed by atoms with E-state index in [1.165, 1.54) is 38.6 Å². The summed E-state index contributed by atoms with van der Waals surface area (Å²) in [4.78, 5) is 0. The molecule has 0 spiro atoms. The van der Waals surface area contributed by atoms with Crippen molar-refractivity contribution in [3.8, 4) is 5.69 Å². The zero-order valence-corrected chi connectivity index (χ0v) is 12.3. The maximum atomic E-state index is 2.40. The largest absolute Gasteiger partial charge is 0.309 e. The number of hydrogen-bond acceptors (Lipinski definition) is 0. The molecule has 1 nitrogen and oxygen atoms in total. The molecule has 4 aromatic rings. The molecule has 1 aromatic heterocycles.